The molecular weight excluding hydrogens is 488 g/mol. The van der Waals surface area contributed by atoms with E-state index in [1.165, 1.54) is 12.1 Å². The second-order valence-corrected chi connectivity index (χ2v) is 9.96. The summed E-state index contributed by atoms with van der Waals surface area (Å²) in [6.45, 7) is 3.15. The molecule has 0 aliphatic carbocycles. The molecule has 0 bridgehead atoms. The van der Waals surface area contributed by atoms with Crippen LogP contribution < -0.4 is 20.9 Å². The molecule has 1 aromatic heterocycles. The van der Waals surface area contributed by atoms with Crippen LogP contribution in [0.2, 0.25) is 0 Å². The fraction of sp³-hybridized carbons (Fsp3) is 0.476. The van der Waals surface area contributed by atoms with Gasteiger partial charge in [-0.15, -0.1) is 0 Å². The predicted molar refractivity (Wildman–Crippen MR) is 121 cm³/mol. The molecule has 1 aromatic carbocycles. The van der Waals surface area contributed by atoms with Crippen molar-refractivity contribution in [1.82, 2.24) is 14.6 Å². The maximum Gasteiger partial charge on any atom is 0.459 e. The number of H-pyrrole nitrogens is 1. The van der Waals surface area contributed by atoms with Crippen LogP contribution in [0.5, 0.6) is 5.75 Å². The van der Waals surface area contributed by atoms with Gasteiger partial charge in [-0.1, -0.05) is 18.2 Å². The lowest BCUT2D eigenvalue weighted by molar-refractivity contribution is -0.146. The molecular formula is C21H27FN3O9P. The molecule has 1 saturated heterocycles. The van der Waals surface area contributed by atoms with E-state index >= 15 is 4.39 Å². The monoisotopic (exact) mass is 515 g/mol. The third-order valence-corrected chi connectivity index (χ3v) is 6.47. The van der Waals surface area contributed by atoms with Gasteiger partial charge in [0.15, 0.2) is 11.9 Å². The Morgan fingerprint density at radius 3 is 2.63 bits per heavy atom. The highest BCUT2D eigenvalue weighted by molar-refractivity contribution is 7.52. The molecule has 0 amide bonds. The zero-order valence-electron chi connectivity index (χ0n) is 19.3. The second kappa shape index (κ2) is 10.8. The molecule has 3 N–H and O–H groups in total. The fourth-order valence-electron chi connectivity index (χ4n) is 3.32. The molecule has 5 atom stereocenters. The van der Waals surface area contributed by atoms with Crippen molar-refractivity contribution in [2.24, 2.45) is 0 Å². The summed E-state index contributed by atoms with van der Waals surface area (Å²) in [5, 5.41) is 12.9. The van der Waals surface area contributed by atoms with E-state index in [4.69, 9.17) is 18.5 Å². The summed E-state index contributed by atoms with van der Waals surface area (Å²) >= 11 is 0. The number of nitrogens with zero attached hydrogens (tertiary/aromatic N) is 1. The number of halogens is 1. The lowest BCUT2D eigenvalue weighted by Gasteiger charge is -2.24. The standard InChI is InChI=1S/C21H27FN3O9P/c1-13(2)32-17(27)11-23-35(30,34-14-7-5-4-6-8-14)31-12-15-18(28)21(3,22)19(33-15)25-10-9-16(26)24-20(25)29/h4-10,13,15,18-19,28H,11-12H2,1-3H3,(H,23,30)(H,24,26,29)/t15-,18-,19-,21-,35+/m1/s1. The molecule has 0 unspecified atom stereocenters. The summed E-state index contributed by atoms with van der Waals surface area (Å²) in [5.74, 6) is -0.562. The van der Waals surface area contributed by atoms with Crippen LogP contribution in [-0.2, 0) is 23.4 Å². The van der Waals surface area contributed by atoms with Gasteiger partial charge in [0.05, 0.1) is 12.7 Å². The summed E-state index contributed by atoms with van der Waals surface area (Å²) < 4.78 is 50.8. The number of esters is 1. The number of aromatic amines is 1. The van der Waals surface area contributed by atoms with E-state index < -0.39 is 68.3 Å². The first-order valence-corrected chi connectivity index (χ1v) is 12.2. The zero-order chi connectivity index (χ0) is 25.8. The molecule has 14 heteroatoms. The van der Waals surface area contributed by atoms with Crippen LogP contribution in [-0.4, -0.2) is 57.8 Å². The molecule has 3 rings (SSSR count). The Labute approximate surface area is 199 Å². The van der Waals surface area contributed by atoms with Gasteiger partial charge in [0.2, 0.25) is 0 Å². The van der Waals surface area contributed by atoms with Crippen LogP contribution >= 0.6 is 7.75 Å². The smallest absolute Gasteiger partial charge is 0.459 e. The highest BCUT2D eigenvalue weighted by atomic mass is 31.2. The third-order valence-electron chi connectivity index (χ3n) is 4.98. The van der Waals surface area contributed by atoms with Crippen molar-refractivity contribution in [1.29, 1.82) is 0 Å². The van der Waals surface area contributed by atoms with Gasteiger partial charge in [0.25, 0.3) is 5.56 Å². The Kier molecular flexibility index (Phi) is 8.29. The number of rotatable bonds is 10. The van der Waals surface area contributed by atoms with Crippen molar-refractivity contribution in [2.75, 3.05) is 13.2 Å². The van der Waals surface area contributed by atoms with Crippen molar-refractivity contribution in [3.05, 3.63) is 63.4 Å². The predicted octanol–water partition coefficient (Wildman–Crippen LogP) is 1.27. The van der Waals surface area contributed by atoms with Crippen LogP contribution in [0.25, 0.3) is 0 Å². The van der Waals surface area contributed by atoms with E-state index in [1.54, 1.807) is 32.0 Å². The molecule has 1 fully saturated rings. The van der Waals surface area contributed by atoms with E-state index in [-0.39, 0.29) is 5.75 Å². The maximum absolute atomic E-state index is 15.4. The van der Waals surface area contributed by atoms with Gasteiger partial charge in [-0.2, -0.15) is 0 Å². The van der Waals surface area contributed by atoms with Gasteiger partial charge in [0, 0.05) is 12.3 Å². The average molecular weight is 515 g/mol. The molecule has 0 saturated carbocycles. The summed E-state index contributed by atoms with van der Waals surface area (Å²) in [6.07, 6.45) is -4.17. The number of carbonyl (C=O) groups excluding carboxylic acids is 1. The largest absolute Gasteiger partial charge is 0.462 e. The first-order valence-electron chi connectivity index (χ1n) is 10.7. The van der Waals surface area contributed by atoms with E-state index in [9.17, 15) is 24.1 Å². The fourth-order valence-corrected chi connectivity index (χ4v) is 4.60. The lowest BCUT2D eigenvalue weighted by atomic mass is 9.98. The first-order chi connectivity index (χ1) is 16.4. The number of para-hydroxylation sites is 1. The van der Waals surface area contributed by atoms with Gasteiger partial charge in [-0.3, -0.25) is 23.7 Å². The number of aromatic nitrogens is 2. The Bertz CT molecular complexity index is 1180. The number of ether oxygens (including phenoxy) is 2. The maximum atomic E-state index is 15.4. The molecule has 12 nitrogen and oxygen atoms in total. The topological polar surface area (TPSA) is 158 Å². The molecule has 2 aromatic rings. The number of aliphatic hydroxyl groups excluding tert-OH is 1. The Morgan fingerprint density at radius 2 is 2.00 bits per heavy atom. The SMILES string of the molecule is CC(C)OC(=O)CN[P@](=O)(OC[C@H]1O[C@@H](n2ccc(=O)[nH]c2=O)[C@](C)(F)[C@@H]1O)Oc1ccccc1. The van der Waals surface area contributed by atoms with Crippen molar-refractivity contribution >= 4 is 13.7 Å². The van der Waals surface area contributed by atoms with Crippen LogP contribution in [0.1, 0.15) is 27.0 Å². The van der Waals surface area contributed by atoms with E-state index in [2.05, 4.69) is 5.09 Å². The molecule has 1 aliphatic rings. The molecule has 0 radical (unpaired) electrons. The molecule has 2 heterocycles. The Balaban J connectivity index is 1.76. The summed E-state index contributed by atoms with van der Waals surface area (Å²) in [6, 6.07) is 8.95. The van der Waals surface area contributed by atoms with Crippen LogP contribution in [0.15, 0.2) is 52.2 Å². The minimum Gasteiger partial charge on any atom is -0.462 e. The zero-order valence-corrected chi connectivity index (χ0v) is 20.1. The van der Waals surface area contributed by atoms with Crippen molar-refractivity contribution in [2.45, 2.75) is 51.0 Å². The molecule has 35 heavy (non-hydrogen) atoms. The summed E-state index contributed by atoms with van der Waals surface area (Å²) in [5.41, 5.74) is -4.11. The average Bonchev–Trinajstić information content (AvgIpc) is 3.00. The number of benzene rings is 1. The number of hydrogen-bond donors (Lipinski definition) is 3. The third kappa shape index (κ3) is 6.65. The second-order valence-electron chi connectivity index (χ2n) is 8.21. The normalized spacial score (nSPS) is 25.8. The van der Waals surface area contributed by atoms with Gasteiger partial charge in [0.1, 0.15) is 24.5 Å². The first kappa shape index (κ1) is 26.8. The lowest BCUT2D eigenvalue weighted by Crippen LogP contribution is -2.43. The number of nitrogens with one attached hydrogen (secondary N) is 2. The van der Waals surface area contributed by atoms with E-state index in [0.717, 1.165) is 23.8 Å². The van der Waals surface area contributed by atoms with Crippen LogP contribution in [0.3, 0.4) is 0 Å². The number of hydrogen-bond acceptors (Lipinski definition) is 9. The van der Waals surface area contributed by atoms with Gasteiger partial charge < -0.3 is 19.1 Å². The Morgan fingerprint density at radius 1 is 1.31 bits per heavy atom. The number of aliphatic hydroxyl groups is 1. The molecule has 192 valence electrons. The minimum absolute atomic E-state index is 0.154. The number of alkyl halides is 1. The van der Waals surface area contributed by atoms with Crippen LogP contribution in [0.4, 0.5) is 4.39 Å². The molecule has 0 spiro atoms. The van der Waals surface area contributed by atoms with Crippen LogP contribution in [0, 0.1) is 0 Å². The van der Waals surface area contributed by atoms with E-state index in [1.807, 2.05) is 4.98 Å². The number of carbonyl (C=O) groups is 1. The highest BCUT2D eigenvalue weighted by Crippen LogP contribution is 2.46. The minimum atomic E-state index is -4.25. The van der Waals surface area contributed by atoms with Crippen molar-refractivity contribution in [3.8, 4) is 5.75 Å². The summed E-state index contributed by atoms with van der Waals surface area (Å²) in [7, 11) is -4.25. The highest BCUT2D eigenvalue weighted by Gasteiger charge is 2.55. The van der Waals surface area contributed by atoms with Gasteiger partial charge >= 0.3 is 19.4 Å². The quantitative estimate of drug-likeness (QED) is 0.311. The summed E-state index contributed by atoms with van der Waals surface area (Å²) in [4.78, 5) is 37.3. The van der Waals surface area contributed by atoms with Crippen molar-refractivity contribution in [3.63, 3.8) is 0 Å². The molecule has 1 aliphatic heterocycles. The van der Waals surface area contributed by atoms with E-state index in [0.29, 0.717) is 0 Å². The Hall–Kier alpha value is -2.83. The van der Waals surface area contributed by atoms with Gasteiger partial charge in [-0.05, 0) is 32.9 Å². The van der Waals surface area contributed by atoms with Crippen molar-refractivity contribution < 1.29 is 37.4 Å². The van der Waals surface area contributed by atoms with Gasteiger partial charge in [-0.25, -0.2) is 18.8 Å².